The van der Waals surface area contributed by atoms with Crippen molar-refractivity contribution in [2.24, 2.45) is 5.92 Å². The second kappa shape index (κ2) is 18.5. The largest absolute Gasteiger partial charge is 0.481 e. The third-order valence-corrected chi connectivity index (χ3v) is 6.96. The van der Waals surface area contributed by atoms with E-state index in [1.165, 1.54) is 76.0 Å². The van der Waals surface area contributed by atoms with E-state index in [0.717, 1.165) is 9.28 Å². The van der Waals surface area contributed by atoms with Crippen molar-refractivity contribution in [3.8, 4) is 6.07 Å². The molecule has 0 saturated carbocycles. The first-order valence-electron chi connectivity index (χ1n) is 9.51. The number of carboxylic acids is 1. The van der Waals surface area contributed by atoms with Crippen molar-refractivity contribution < 1.29 is 9.90 Å². The lowest BCUT2D eigenvalue weighted by Gasteiger charge is -2.08. The van der Waals surface area contributed by atoms with Crippen LogP contribution in [0.15, 0.2) is 0 Å². The maximum atomic E-state index is 10.5. The van der Waals surface area contributed by atoms with Gasteiger partial charge in [0.1, 0.15) is 3.53 Å². The minimum atomic E-state index is -0.844. The van der Waals surface area contributed by atoms with E-state index in [2.05, 4.69) is 13.0 Å². The highest BCUT2D eigenvalue weighted by Gasteiger charge is 2.11. The smallest absolute Gasteiger partial charge is 0.303 e. The molecule has 144 valence electrons. The van der Waals surface area contributed by atoms with Gasteiger partial charge in [0, 0.05) is 12.2 Å². The molecule has 0 aliphatic heterocycles. The van der Waals surface area contributed by atoms with Crippen LogP contribution in [-0.4, -0.2) is 26.1 Å². The van der Waals surface area contributed by atoms with Crippen LogP contribution in [0.4, 0.5) is 0 Å². The van der Waals surface area contributed by atoms with Gasteiger partial charge in [-0.2, -0.15) is 5.26 Å². The van der Waals surface area contributed by atoms with Crippen molar-refractivity contribution in [3.05, 3.63) is 0 Å². The minimum Gasteiger partial charge on any atom is -0.481 e. The fourth-order valence-corrected chi connectivity index (χ4v) is 4.77. The molecule has 0 fully saturated rings. The van der Waals surface area contributed by atoms with E-state index in [-0.39, 0.29) is 12.3 Å². The molecular weight excluding hydrogens is 370 g/mol. The van der Waals surface area contributed by atoms with E-state index in [1.54, 1.807) is 11.8 Å². The summed E-state index contributed by atoms with van der Waals surface area (Å²) in [5.41, 5.74) is 0. The molecule has 3 nitrogen and oxygen atoms in total. The summed E-state index contributed by atoms with van der Waals surface area (Å²) in [6.07, 6.45) is 13.8. The predicted molar refractivity (Wildman–Crippen MR) is 115 cm³/mol. The third-order valence-electron chi connectivity index (χ3n) is 4.01. The highest BCUT2D eigenvalue weighted by molar-refractivity contribution is 8.47. The van der Waals surface area contributed by atoms with E-state index >= 15 is 0 Å². The number of thiocarbonyl (C=S) groups is 1. The van der Waals surface area contributed by atoms with E-state index in [9.17, 15) is 4.79 Å². The number of unbranched alkanes of at least 4 members (excludes halogenated alkanes) is 9. The van der Waals surface area contributed by atoms with Gasteiger partial charge in [0.25, 0.3) is 0 Å². The van der Waals surface area contributed by atoms with E-state index < -0.39 is 5.97 Å². The molecule has 1 unspecified atom stereocenters. The first-order valence-corrected chi connectivity index (χ1v) is 11.9. The van der Waals surface area contributed by atoms with Gasteiger partial charge in [0.05, 0.1) is 12.0 Å². The summed E-state index contributed by atoms with van der Waals surface area (Å²) in [5.74, 6) is 0.586. The van der Waals surface area contributed by atoms with Crippen molar-refractivity contribution in [1.29, 1.82) is 5.26 Å². The SMILES string of the molecule is CCCCCCCCCCCCSC(=S)SCC(C#N)CCC(=O)O. The van der Waals surface area contributed by atoms with Crippen LogP contribution in [0.2, 0.25) is 0 Å². The highest BCUT2D eigenvalue weighted by Crippen LogP contribution is 2.23. The molecule has 0 rings (SSSR count). The lowest BCUT2D eigenvalue weighted by atomic mass is 10.1. The van der Waals surface area contributed by atoms with Crippen molar-refractivity contribution in [2.45, 2.75) is 84.0 Å². The second-order valence-corrected chi connectivity index (χ2v) is 9.67. The Hall–Kier alpha value is -0.250. The number of carboxylic acid groups (broad SMARTS) is 1. The molecule has 25 heavy (non-hydrogen) atoms. The predicted octanol–water partition coefficient (Wildman–Crippen LogP) is 6.66. The first kappa shape index (κ1) is 24.8. The Bertz CT molecular complexity index is 397. The molecule has 0 aliphatic carbocycles. The lowest BCUT2D eigenvalue weighted by molar-refractivity contribution is -0.137. The van der Waals surface area contributed by atoms with Gasteiger partial charge in [-0.1, -0.05) is 76.9 Å². The Morgan fingerprint density at radius 2 is 1.60 bits per heavy atom. The van der Waals surface area contributed by atoms with Crippen LogP contribution in [0.3, 0.4) is 0 Å². The Balaban J connectivity index is 3.43. The zero-order valence-electron chi connectivity index (χ0n) is 15.5. The Morgan fingerprint density at radius 1 is 1.04 bits per heavy atom. The van der Waals surface area contributed by atoms with Gasteiger partial charge in [-0.05, 0) is 18.6 Å². The number of nitriles is 1. The number of rotatable bonds is 16. The maximum absolute atomic E-state index is 10.5. The van der Waals surface area contributed by atoms with Crippen LogP contribution in [0, 0.1) is 17.2 Å². The van der Waals surface area contributed by atoms with Crippen LogP contribution in [0.25, 0.3) is 0 Å². The molecule has 0 bridgehead atoms. The zero-order valence-corrected chi connectivity index (χ0v) is 18.0. The van der Waals surface area contributed by atoms with Crippen LogP contribution >= 0.6 is 35.7 Å². The van der Waals surface area contributed by atoms with E-state index in [4.69, 9.17) is 22.6 Å². The van der Waals surface area contributed by atoms with E-state index in [1.807, 2.05) is 0 Å². The van der Waals surface area contributed by atoms with Gasteiger partial charge in [0.15, 0.2) is 0 Å². The fourth-order valence-electron chi connectivity index (χ4n) is 2.44. The van der Waals surface area contributed by atoms with Crippen molar-refractivity contribution in [3.63, 3.8) is 0 Å². The quantitative estimate of drug-likeness (QED) is 0.229. The molecule has 0 amide bonds. The van der Waals surface area contributed by atoms with Gasteiger partial charge in [0.2, 0.25) is 0 Å². The van der Waals surface area contributed by atoms with Gasteiger partial charge in [-0.3, -0.25) is 4.79 Å². The average molecular weight is 404 g/mol. The lowest BCUT2D eigenvalue weighted by Crippen LogP contribution is -2.06. The highest BCUT2D eigenvalue weighted by atomic mass is 32.2. The summed E-state index contributed by atoms with van der Waals surface area (Å²) in [4.78, 5) is 10.5. The van der Waals surface area contributed by atoms with Crippen LogP contribution in [0.1, 0.15) is 84.0 Å². The first-order chi connectivity index (χ1) is 12.1. The summed E-state index contributed by atoms with van der Waals surface area (Å²) in [7, 11) is 0. The second-order valence-electron chi connectivity index (χ2n) is 6.35. The van der Waals surface area contributed by atoms with E-state index in [0.29, 0.717) is 12.2 Å². The van der Waals surface area contributed by atoms with Gasteiger partial charge >= 0.3 is 5.97 Å². The Morgan fingerprint density at radius 3 is 2.12 bits per heavy atom. The fraction of sp³-hybridized carbons (Fsp3) is 0.842. The summed E-state index contributed by atoms with van der Waals surface area (Å²) >= 11 is 8.55. The third kappa shape index (κ3) is 18.3. The normalized spacial score (nSPS) is 11.8. The number of nitrogens with zero attached hydrogens (tertiary/aromatic N) is 1. The summed E-state index contributed by atoms with van der Waals surface area (Å²) in [6, 6.07) is 2.17. The molecule has 0 saturated heterocycles. The van der Waals surface area contributed by atoms with Gasteiger partial charge < -0.3 is 5.11 Å². The number of aliphatic carboxylic acids is 1. The van der Waals surface area contributed by atoms with Crippen molar-refractivity contribution >= 4 is 45.2 Å². The molecule has 0 aromatic rings. The monoisotopic (exact) mass is 403 g/mol. The summed E-state index contributed by atoms with van der Waals surface area (Å²) in [6.45, 7) is 2.25. The van der Waals surface area contributed by atoms with Crippen LogP contribution in [-0.2, 0) is 4.79 Å². The van der Waals surface area contributed by atoms with Crippen LogP contribution < -0.4 is 0 Å². The molecule has 0 heterocycles. The average Bonchev–Trinajstić information content (AvgIpc) is 2.59. The Kier molecular flexibility index (Phi) is 18.4. The zero-order chi connectivity index (χ0) is 18.8. The van der Waals surface area contributed by atoms with Gasteiger partial charge in [-0.15, -0.1) is 23.5 Å². The molecule has 0 aliphatic rings. The molecule has 0 spiro atoms. The number of hydrogen-bond donors (Lipinski definition) is 1. The van der Waals surface area contributed by atoms with Crippen molar-refractivity contribution in [1.82, 2.24) is 0 Å². The molecule has 1 N–H and O–H groups in total. The summed E-state index contributed by atoms with van der Waals surface area (Å²) in [5, 5.41) is 17.7. The van der Waals surface area contributed by atoms with Crippen LogP contribution in [0.5, 0.6) is 0 Å². The van der Waals surface area contributed by atoms with Crippen molar-refractivity contribution in [2.75, 3.05) is 11.5 Å². The number of thioether (sulfide) groups is 2. The standard InChI is InChI=1S/C19H33NO2S3/c1-2-3-4-5-6-7-8-9-10-11-14-24-19(23)25-16-17(15-20)12-13-18(21)22/h17H,2-14,16H2,1H3,(H,21,22). The minimum absolute atomic E-state index is 0.0529. The summed E-state index contributed by atoms with van der Waals surface area (Å²) < 4.78 is 0.881. The van der Waals surface area contributed by atoms with Gasteiger partial charge in [-0.25, -0.2) is 0 Å². The molecular formula is C19H33NO2S3. The topological polar surface area (TPSA) is 61.1 Å². The Labute approximate surface area is 167 Å². The molecule has 0 aromatic heterocycles. The number of hydrogen-bond acceptors (Lipinski definition) is 5. The molecule has 0 aromatic carbocycles. The maximum Gasteiger partial charge on any atom is 0.303 e. The molecule has 0 radical (unpaired) electrons. The number of carbonyl (C=O) groups is 1. The molecule has 1 atom stereocenters. The molecule has 6 heteroatoms.